The van der Waals surface area contributed by atoms with Crippen molar-refractivity contribution in [2.24, 2.45) is 0 Å². The van der Waals surface area contributed by atoms with Crippen molar-refractivity contribution < 1.29 is 14.3 Å². The Bertz CT molecular complexity index is 663. The summed E-state index contributed by atoms with van der Waals surface area (Å²) in [4.78, 5) is 19.6. The summed E-state index contributed by atoms with van der Waals surface area (Å²) in [5.41, 5.74) is 1.02. The molecule has 2 aliphatic heterocycles. The van der Waals surface area contributed by atoms with Crippen LogP contribution >= 0.6 is 11.3 Å². The molecule has 0 radical (unpaired) electrons. The Morgan fingerprint density at radius 1 is 1.26 bits per heavy atom. The number of piperidine rings is 1. The van der Waals surface area contributed by atoms with Crippen LogP contribution in [0.4, 0.5) is 0 Å². The van der Waals surface area contributed by atoms with E-state index in [4.69, 9.17) is 14.5 Å². The normalized spacial score (nSPS) is 25.7. The van der Waals surface area contributed by atoms with Crippen LogP contribution in [0.25, 0.3) is 10.2 Å². The Balaban J connectivity index is 1.60. The molecule has 2 atom stereocenters. The van der Waals surface area contributed by atoms with Gasteiger partial charge in [-0.3, -0.25) is 4.79 Å². The largest absolute Gasteiger partial charge is 0.376 e. The third kappa shape index (κ3) is 2.98. The molecule has 2 aliphatic rings. The number of hydrogen-bond acceptors (Lipinski definition) is 5. The second-order valence-electron chi connectivity index (χ2n) is 6.00. The molecule has 0 bridgehead atoms. The zero-order valence-electron chi connectivity index (χ0n) is 12.9. The summed E-state index contributed by atoms with van der Waals surface area (Å²) >= 11 is 1.69. The van der Waals surface area contributed by atoms with E-state index in [9.17, 15) is 4.79 Å². The van der Waals surface area contributed by atoms with Crippen LogP contribution < -0.4 is 0 Å². The van der Waals surface area contributed by atoms with Crippen LogP contribution in [0, 0.1) is 0 Å². The molecule has 2 fully saturated rings. The monoisotopic (exact) mass is 332 g/mol. The average molecular weight is 332 g/mol. The standard InChI is InChI=1S/C17H20N2O3S/c20-17(14-11-21-9-10-22-14)19-8-4-3-6-13(19)16-18-12-5-1-2-7-15(12)23-16/h1-2,5,7,13-14H,3-4,6,8-11H2/t13-,14+/m1/s1. The number of nitrogens with zero attached hydrogens (tertiary/aromatic N) is 2. The van der Waals surface area contributed by atoms with Crippen molar-refractivity contribution in [3.05, 3.63) is 29.3 Å². The quantitative estimate of drug-likeness (QED) is 0.848. The molecule has 4 rings (SSSR count). The van der Waals surface area contributed by atoms with Crippen molar-refractivity contribution in [2.45, 2.75) is 31.4 Å². The van der Waals surface area contributed by atoms with Crippen LogP contribution in [-0.4, -0.2) is 48.3 Å². The number of carbonyl (C=O) groups excluding carboxylic acids is 1. The second-order valence-corrected chi connectivity index (χ2v) is 7.06. The summed E-state index contributed by atoms with van der Waals surface area (Å²) in [5.74, 6) is 0.0497. The summed E-state index contributed by atoms with van der Waals surface area (Å²) in [5, 5.41) is 1.04. The minimum Gasteiger partial charge on any atom is -0.376 e. The molecule has 0 unspecified atom stereocenters. The number of amides is 1. The summed E-state index contributed by atoms with van der Waals surface area (Å²) in [6.07, 6.45) is 2.69. The molecule has 1 aromatic heterocycles. The highest BCUT2D eigenvalue weighted by Crippen LogP contribution is 2.36. The van der Waals surface area contributed by atoms with Gasteiger partial charge in [-0.2, -0.15) is 0 Å². The average Bonchev–Trinajstić information content (AvgIpc) is 3.06. The van der Waals surface area contributed by atoms with Crippen molar-refractivity contribution in [1.82, 2.24) is 9.88 Å². The summed E-state index contributed by atoms with van der Waals surface area (Å²) < 4.78 is 12.2. The number of likely N-dealkylation sites (tertiary alicyclic amines) is 1. The number of thiazole rings is 1. The van der Waals surface area contributed by atoms with Gasteiger partial charge in [0, 0.05) is 6.54 Å². The van der Waals surface area contributed by atoms with Crippen molar-refractivity contribution in [2.75, 3.05) is 26.4 Å². The van der Waals surface area contributed by atoms with Crippen LogP contribution in [0.5, 0.6) is 0 Å². The van der Waals surface area contributed by atoms with E-state index >= 15 is 0 Å². The molecule has 0 spiro atoms. The van der Waals surface area contributed by atoms with E-state index in [1.165, 1.54) is 4.70 Å². The smallest absolute Gasteiger partial charge is 0.254 e. The van der Waals surface area contributed by atoms with Crippen molar-refractivity contribution in [3.8, 4) is 0 Å². The van der Waals surface area contributed by atoms with Gasteiger partial charge in [-0.05, 0) is 31.4 Å². The van der Waals surface area contributed by atoms with E-state index in [0.717, 1.165) is 36.3 Å². The van der Waals surface area contributed by atoms with E-state index in [0.29, 0.717) is 19.8 Å². The first kappa shape index (κ1) is 15.1. The number of para-hydroxylation sites is 1. The maximum Gasteiger partial charge on any atom is 0.254 e. The molecule has 3 heterocycles. The van der Waals surface area contributed by atoms with Gasteiger partial charge >= 0.3 is 0 Å². The fraction of sp³-hybridized carbons (Fsp3) is 0.529. The zero-order valence-corrected chi connectivity index (χ0v) is 13.8. The maximum absolute atomic E-state index is 12.8. The van der Waals surface area contributed by atoms with Gasteiger partial charge in [-0.25, -0.2) is 4.98 Å². The molecule has 1 aromatic carbocycles. The summed E-state index contributed by atoms with van der Waals surface area (Å²) in [7, 11) is 0. The molecule has 23 heavy (non-hydrogen) atoms. The first-order valence-electron chi connectivity index (χ1n) is 8.18. The van der Waals surface area contributed by atoms with Crippen LogP contribution in [-0.2, 0) is 14.3 Å². The lowest BCUT2D eigenvalue weighted by molar-refractivity contribution is -0.161. The van der Waals surface area contributed by atoms with Gasteiger partial charge in [-0.1, -0.05) is 12.1 Å². The molecule has 0 aliphatic carbocycles. The molecule has 0 saturated carbocycles. The summed E-state index contributed by atoms with van der Waals surface area (Å²) in [6.45, 7) is 2.21. The molecule has 6 heteroatoms. The van der Waals surface area contributed by atoms with Gasteiger partial charge in [-0.15, -0.1) is 11.3 Å². The van der Waals surface area contributed by atoms with Gasteiger partial charge < -0.3 is 14.4 Å². The second kappa shape index (κ2) is 6.55. The molecule has 122 valence electrons. The molecule has 5 nitrogen and oxygen atoms in total. The third-order valence-electron chi connectivity index (χ3n) is 4.47. The van der Waals surface area contributed by atoms with E-state index in [1.807, 2.05) is 23.1 Å². The predicted molar refractivity (Wildman–Crippen MR) is 88.5 cm³/mol. The fourth-order valence-corrected chi connectivity index (χ4v) is 4.42. The molecular formula is C17H20N2O3S. The first-order valence-corrected chi connectivity index (χ1v) is 9.00. The summed E-state index contributed by atoms with van der Waals surface area (Å²) in [6, 6.07) is 8.22. The maximum atomic E-state index is 12.8. The molecular weight excluding hydrogens is 312 g/mol. The van der Waals surface area contributed by atoms with E-state index in [2.05, 4.69) is 6.07 Å². The number of fused-ring (bicyclic) bond motifs is 1. The topological polar surface area (TPSA) is 51.7 Å². The predicted octanol–water partition coefficient (Wildman–Crippen LogP) is 2.77. The Hall–Kier alpha value is -1.50. The fourth-order valence-electron chi connectivity index (χ4n) is 3.30. The van der Waals surface area contributed by atoms with Crippen molar-refractivity contribution in [1.29, 1.82) is 0 Å². The van der Waals surface area contributed by atoms with Crippen LogP contribution in [0.1, 0.15) is 30.3 Å². The Kier molecular flexibility index (Phi) is 4.29. The van der Waals surface area contributed by atoms with E-state index in [-0.39, 0.29) is 11.9 Å². The third-order valence-corrected chi connectivity index (χ3v) is 5.61. The lowest BCUT2D eigenvalue weighted by Crippen LogP contribution is -2.48. The highest BCUT2D eigenvalue weighted by Gasteiger charge is 2.35. The SMILES string of the molecule is O=C([C@@H]1COCCO1)N1CCCC[C@@H]1c1nc2ccccc2s1. The van der Waals surface area contributed by atoms with Gasteiger partial charge in [0.25, 0.3) is 5.91 Å². The van der Waals surface area contributed by atoms with Crippen molar-refractivity contribution >= 4 is 27.5 Å². The van der Waals surface area contributed by atoms with Crippen LogP contribution in [0.3, 0.4) is 0 Å². The number of ether oxygens (including phenoxy) is 2. The van der Waals surface area contributed by atoms with E-state index in [1.54, 1.807) is 11.3 Å². The number of carbonyl (C=O) groups is 1. The minimum absolute atomic E-state index is 0.0497. The molecule has 2 aromatic rings. The number of rotatable bonds is 2. The highest BCUT2D eigenvalue weighted by molar-refractivity contribution is 7.18. The lowest BCUT2D eigenvalue weighted by Gasteiger charge is -2.37. The van der Waals surface area contributed by atoms with E-state index < -0.39 is 6.10 Å². The van der Waals surface area contributed by atoms with Gasteiger partial charge in [0.05, 0.1) is 36.1 Å². The highest BCUT2D eigenvalue weighted by atomic mass is 32.1. The minimum atomic E-state index is -0.460. The number of aromatic nitrogens is 1. The Labute approximate surface area is 139 Å². The zero-order chi connectivity index (χ0) is 15.6. The van der Waals surface area contributed by atoms with Gasteiger partial charge in [0.15, 0.2) is 6.10 Å². The Morgan fingerprint density at radius 2 is 2.17 bits per heavy atom. The van der Waals surface area contributed by atoms with Gasteiger partial charge in [0.2, 0.25) is 0 Å². The molecule has 1 amide bonds. The number of hydrogen-bond donors (Lipinski definition) is 0. The van der Waals surface area contributed by atoms with Gasteiger partial charge in [0.1, 0.15) is 5.01 Å². The molecule has 0 N–H and O–H groups in total. The van der Waals surface area contributed by atoms with Crippen LogP contribution in [0.2, 0.25) is 0 Å². The number of benzene rings is 1. The lowest BCUT2D eigenvalue weighted by atomic mass is 10.0. The Morgan fingerprint density at radius 3 is 3.00 bits per heavy atom. The van der Waals surface area contributed by atoms with Crippen LogP contribution in [0.15, 0.2) is 24.3 Å². The molecule has 2 saturated heterocycles. The first-order chi connectivity index (χ1) is 11.3. The van der Waals surface area contributed by atoms with Crippen molar-refractivity contribution in [3.63, 3.8) is 0 Å².